The number of aryl methyl sites for hydroxylation is 1. The van der Waals surface area contributed by atoms with E-state index >= 15 is 0 Å². The lowest BCUT2D eigenvalue weighted by atomic mass is 9.58. The van der Waals surface area contributed by atoms with Crippen LogP contribution in [0.15, 0.2) is 6.20 Å². The van der Waals surface area contributed by atoms with Gasteiger partial charge < -0.3 is 15.7 Å². The van der Waals surface area contributed by atoms with Gasteiger partial charge in [0.2, 0.25) is 5.91 Å². The van der Waals surface area contributed by atoms with E-state index in [1.165, 1.54) is 0 Å². The van der Waals surface area contributed by atoms with Crippen LogP contribution in [0, 0.1) is 23.7 Å². The van der Waals surface area contributed by atoms with Crippen LogP contribution in [-0.2, 0) is 16.1 Å². The first-order valence-corrected chi connectivity index (χ1v) is 10.9. The molecule has 0 radical (unpaired) electrons. The number of nitrogens with zero attached hydrogens (tertiary/aromatic N) is 2. The highest BCUT2D eigenvalue weighted by atomic mass is 16.4. The number of carbonyl (C=O) groups excluding carboxylic acids is 2. The van der Waals surface area contributed by atoms with Crippen molar-refractivity contribution in [3.8, 4) is 0 Å². The van der Waals surface area contributed by atoms with Gasteiger partial charge in [0.15, 0.2) is 5.69 Å². The van der Waals surface area contributed by atoms with Gasteiger partial charge in [-0.15, -0.1) is 0 Å². The monoisotopic (exact) mass is 402 g/mol. The number of amides is 2. The van der Waals surface area contributed by atoms with Crippen LogP contribution in [0.4, 0.5) is 5.69 Å². The lowest BCUT2D eigenvalue weighted by molar-refractivity contribution is -0.156. The maximum Gasteiger partial charge on any atom is 0.307 e. The average Bonchev–Trinajstić information content (AvgIpc) is 3.37. The SMILES string of the molecule is CCn1cc(NC(=O)[C@@H]2C3CCC(CC3)[C@H]2C(=O)O)c(C(=O)NC2CCCC2)n1. The molecule has 29 heavy (non-hydrogen) atoms. The second kappa shape index (κ2) is 8.16. The zero-order valence-corrected chi connectivity index (χ0v) is 16.9. The summed E-state index contributed by atoms with van der Waals surface area (Å²) in [5.41, 5.74) is 0.581. The number of hydrogen-bond donors (Lipinski definition) is 3. The Hall–Kier alpha value is -2.38. The van der Waals surface area contributed by atoms with E-state index in [1.54, 1.807) is 10.9 Å². The van der Waals surface area contributed by atoms with Crippen molar-refractivity contribution in [1.29, 1.82) is 0 Å². The van der Waals surface area contributed by atoms with E-state index in [-0.39, 0.29) is 35.4 Å². The van der Waals surface area contributed by atoms with Gasteiger partial charge in [-0.2, -0.15) is 5.10 Å². The summed E-state index contributed by atoms with van der Waals surface area (Å²) >= 11 is 0. The molecule has 0 saturated heterocycles. The zero-order valence-electron chi connectivity index (χ0n) is 16.9. The Labute approximate surface area is 170 Å². The van der Waals surface area contributed by atoms with Crippen molar-refractivity contribution < 1.29 is 19.5 Å². The molecule has 0 aromatic carbocycles. The van der Waals surface area contributed by atoms with Crippen LogP contribution < -0.4 is 10.6 Å². The Morgan fingerprint density at radius 1 is 1.07 bits per heavy atom. The van der Waals surface area contributed by atoms with Gasteiger partial charge in [-0.1, -0.05) is 12.8 Å². The lowest BCUT2D eigenvalue weighted by Crippen LogP contribution is -2.49. The molecule has 5 rings (SSSR count). The predicted molar refractivity (Wildman–Crippen MR) is 106 cm³/mol. The molecule has 1 heterocycles. The van der Waals surface area contributed by atoms with Gasteiger partial charge in [0.1, 0.15) is 0 Å². The molecule has 0 aliphatic heterocycles. The molecular weight excluding hydrogens is 372 g/mol. The first kappa shape index (κ1) is 19.9. The molecule has 1 aromatic heterocycles. The maximum absolute atomic E-state index is 13.1. The van der Waals surface area contributed by atoms with Gasteiger partial charge in [-0.25, -0.2) is 0 Å². The van der Waals surface area contributed by atoms with Crippen molar-refractivity contribution in [2.75, 3.05) is 5.32 Å². The van der Waals surface area contributed by atoms with Crippen molar-refractivity contribution in [3.63, 3.8) is 0 Å². The van der Waals surface area contributed by atoms with E-state index in [4.69, 9.17) is 0 Å². The predicted octanol–water partition coefficient (Wildman–Crippen LogP) is 2.65. The van der Waals surface area contributed by atoms with Crippen LogP contribution in [0.5, 0.6) is 0 Å². The van der Waals surface area contributed by atoms with Crippen molar-refractivity contribution in [1.82, 2.24) is 15.1 Å². The summed E-state index contributed by atoms with van der Waals surface area (Å²) in [7, 11) is 0. The summed E-state index contributed by atoms with van der Waals surface area (Å²) in [6.07, 6.45) is 9.38. The van der Waals surface area contributed by atoms with Crippen LogP contribution >= 0.6 is 0 Å². The highest BCUT2D eigenvalue weighted by molar-refractivity contribution is 6.03. The first-order chi connectivity index (χ1) is 14.0. The van der Waals surface area contributed by atoms with Crippen LogP contribution in [0.25, 0.3) is 0 Å². The molecule has 0 unspecified atom stereocenters. The Bertz CT molecular complexity index is 791. The molecule has 2 amide bonds. The molecule has 8 heteroatoms. The molecule has 0 spiro atoms. The fourth-order valence-corrected chi connectivity index (χ4v) is 5.56. The quantitative estimate of drug-likeness (QED) is 0.677. The molecule has 4 fully saturated rings. The van der Waals surface area contributed by atoms with Crippen LogP contribution in [0.3, 0.4) is 0 Å². The van der Waals surface area contributed by atoms with E-state index in [9.17, 15) is 19.5 Å². The minimum absolute atomic E-state index is 0.0664. The largest absolute Gasteiger partial charge is 0.481 e. The van der Waals surface area contributed by atoms with Crippen LogP contribution in [0.1, 0.15) is 68.8 Å². The summed E-state index contributed by atoms with van der Waals surface area (Å²) in [6.45, 7) is 2.49. The van der Waals surface area contributed by atoms with Gasteiger partial charge in [0.05, 0.1) is 17.5 Å². The third-order valence-electron chi connectivity index (χ3n) is 7.06. The van der Waals surface area contributed by atoms with Gasteiger partial charge in [-0.05, 0) is 57.3 Å². The Balaban J connectivity index is 1.53. The Kier molecular flexibility index (Phi) is 5.61. The van der Waals surface area contributed by atoms with E-state index < -0.39 is 17.8 Å². The third-order valence-corrected chi connectivity index (χ3v) is 7.06. The van der Waals surface area contributed by atoms with Crippen molar-refractivity contribution in [2.45, 2.75) is 70.9 Å². The van der Waals surface area contributed by atoms with E-state index in [1.807, 2.05) is 6.92 Å². The number of fused-ring (bicyclic) bond motifs is 3. The molecule has 158 valence electrons. The number of nitrogens with one attached hydrogen (secondary N) is 2. The summed E-state index contributed by atoms with van der Waals surface area (Å²) in [4.78, 5) is 37.8. The molecule has 1 aromatic rings. The smallest absolute Gasteiger partial charge is 0.307 e. The molecule has 3 N–H and O–H groups in total. The summed E-state index contributed by atoms with van der Waals surface area (Å²) in [6, 6.07) is 0.156. The number of aliphatic carboxylic acids is 1. The molecular formula is C21H30N4O4. The number of hydrogen-bond acceptors (Lipinski definition) is 4. The van der Waals surface area contributed by atoms with Gasteiger partial charge in [0, 0.05) is 18.8 Å². The number of carboxylic acid groups (broad SMARTS) is 1. The highest BCUT2D eigenvalue weighted by Gasteiger charge is 2.50. The fraction of sp³-hybridized carbons (Fsp3) is 0.714. The molecule has 4 saturated carbocycles. The Morgan fingerprint density at radius 3 is 2.28 bits per heavy atom. The zero-order chi connectivity index (χ0) is 20.5. The molecule has 2 bridgehead atoms. The minimum Gasteiger partial charge on any atom is -0.481 e. The van der Waals surface area contributed by atoms with Gasteiger partial charge in [0.25, 0.3) is 5.91 Å². The molecule has 8 nitrogen and oxygen atoms in total. The lowest BCUT2D eigenvalue weighted by Gasteiger charge is -2.45. The van der Waals surface area contributed by atoms with Crippen LogP contribution in [-0.4, -0.2) is 38.7 Å². The number of carbonyl (C=O) groups is 3. The fourth-order valence-electron chi connectivity index (χ4n) is 5.56. The minimum atomic E-state index is -0.886. The standard InChI is InChI=1S/C21H30N4O4/c1-2-25-11-15(18(24-25)20(27)22-14-5-3-4-6-14)23-19(26)16-12-7-9-13(10-8-12)17(16)21(28)29/h11-14,16-17H,2-10H2,1H3,(H,22,27)(H,23,26)(H,28,29)/t12?,13?,16-,17-/m1/s1. The number of carboxylic acids is 1. The van der Waals surface area contributed by atoms with Crippen LogP contribution in [0.2, 0.25) is 0 Å². The summed E-state index contributed by atoms with van der Waals surface area (Å²) in [5, 5.41) is 20.0. The number of aromatic nitrogens is 2. The van der Waals surface area contributed by atoms with Crippen molar-refractivity contribution in [2.24, 2.45) is 23.7 Å². The van der Waals surface area contributed by atoms with E-state index in [0.29, 0.717) is 12.2 Å². The maximum atomic E-state index is 13.1. The molecule has 4 aliphatic carbocycles. The average molecular weight is 402 g/mol. The normalized spacial score (nSPS) is 29.0. The number of rotatable bonds is 6. The van der Waals surface area contributed by atoms with E-state index in [2.05, 4.69) is 15.7 Å². The molecule has 2 atom stereocenters. The first-order valence-electron chi connectivity index (χ1n) is 10.9. The van der Waals surface area contributed by atoms with E-state index in [0.717, 1.165) is 51.4 Å². The van der Waals surface area contributed by atoms with Gasteiger partial charge >= 0.3 is 5.97 Å². The van der Waals surface area contributed by atoms with Crippen molar-refractivity contribution in [3.05, 3.63) is 11.9 Å². The second-order valence-corrected chi connectivity index (χ2v) is 8.76. The van der Waals surface area contributed by atoms with Gasteiger partial charge in [-0.3, -0.25) is 19.1 Å². The second-order valence-electron chi connectivity index (χ2n) is 8.76. The number of anilines is 1. The molecule has 4 aliphatic rings. The van der Waals surface area contributed by atoms with Crippen molar-refractivity contribution >= 4 is 23.5 Å². The Morgan fingerprint density at radius 2 is 1.69 bits per heavy atom. The topological polar surface area (TPSA) is 113 Å². The highest BCUT2D eigenvalue weighted by Crippen LogP contribution is 2.49. The third kappa shape index (κ3) is 3.89. The summed E-state index contributed by atoms with van der Waals surface area (Å²) in [5.74, 6) is -2.48. The summed E-state index contributed by atoms with van der Waals surface area (Å²) < 4.78 is 1.63.